The summed E-state index contributed by atoms with van der Waals surface area (Å²) in [5.41, 5.74) is 1.97. The van der Waals surface area contributed by atoms with Gasteiger partial charge >= 0.3 is 0 Å². The standard InChI is InChI=1S/C18H21NO2S/c1-4-14-6-5-7-16(12-14)21-13(2)18(20)19-15-8-10-17(22-3)11-9-15/h5-13H,4H2,1-3H3,(H,19,20). The molecule has 0 aliphatic rings. The maximum absolute atomic E-state index is 12.2. The van der Waals surface area contributed by atoms with Crippen molar-refractivity contribution in [2.24, 2.45) is 0 Å². The monoisotopic (exact) mass is 315 g/mol. The second-order valence-electron chi connectivity index (χ2n) is 4.98. The third-order valence-electron chi connectivity index (χ3n) is 3.35. The molecule has 0 heterocycles. The zero-order valence-corrected chi connectivity index (χ0v) is 13.9. The molecule has 0 bridgehead atoms. The molecule has 2 aromatic rings. The van der Waals surface area contributed by atoms with Gasteiger partial charge in [-0.15, -0.1) is 11.8 Å². The number of carbonyl (C=O) groups excluding carboxylic acids is 1. The van der Waals surface area contributed by atoms with Crippen molar-refractivity contribution in [2.45, 2.75) is 31.3 Å². The summed E-state index contributed by atoms with van der Waals surface area (Å²) in [4.78, 5) is 13.3. The molecule has 1 unspecified atom stereocenters. The molecular weight excluding hydrogens is 294 g/mol. The van der Waals surface area contributed by atoms with Crippen molar-refractivity contribution < 1.29 is 9.53 Å². The fraction of sp³-hybridized carbons (Fsp3) is 0.278. The van der Waals surface area contributed by atoms with Crippen LogP contribution < -0.4 is 10.1 Å². The molecule has 0 saturated heterocycles. The number of hydrogen-bond acceptors (Lipinski definition) is 3. The van der Waals surface area contributed by atoms with Gasteiger partial charge in [0.1, 0.15) is 5.75 Å². The van der Waals surface area contributed by atoms with Gasteiger partial charge in [0.2, 0.25) is 0 Å². The highest BCUT2D eigenvalue weighted by molar-refractivity contribution is 7.98. The topological polar surface area (TPSA) is 38.3 Å². The van der Waals surface area contributed by atoms with Gasteiger partial charge in [0.25, 0.3) is 5.91 Å². The number of thioether (sulfide) groups is 1. The summed E-state index contributed by atoms with van der Waals surface area (Å²) in [6, 6.07) is 15.6. The fourth-order valence-corrected chi connectivity index (χ4v) is 2.42. The fourth-order valence-electron chi connectivity index (χ4n) is 2.01. The van der Waals surface area contributed by atoms with Crippen molar-refractivity contribution in [2.75, 3.05) is 11.6 Å². The van der Waals surface area contributed by atoms with E-state index in [9.17, 15) is 4.79 Å². The maximum Gasteiger partial charge on any atom is 0.265 e. The van der Waals surface area contributed by atoms with Gasteiger partial charge < -0.3 is 10.1 Å². The van der Waals surface area contributed by atoms with Crippen LogP contribution in [0.5, 0.6) is 5.75 Å². The van der Waals surface area contributed by atoms with Gasteiger partial charge in [0.05, 0.1) is 0 Å². The summed E-state index contributed by atoms with van der Waals surface area (Å²) in [5.74, 6) is 0.568. The van der Waals surface area contributed by atoms with E-state index >= 15 is 0 Å². The van der Waals surface area contributed by atoms with Crippen molar-refractivity contribution in [3.63, 3.8) is 0 Å². The van der Waals surface area contributed by atoms with Crippen LogP contribution in [0.25, 0.3) is 0 Å². The van der Waals surface area contributed by atoms with E-state index in [1.54, 1.807) is 18.7 Å². The van der Waals surface area contributed by atoms with Crippen LogP contribution in [0.4, 0.5) is 5.69 Å². The third-order valence-corrected chi connectivity index (χ3v) is 4.09. The molecule has 1 atom stereocenters. The van der Waals surface area contributed by atoms with E-state index in [1.165, 1.54) is 10.5 Å². The zero-order valence-electron chi connectivity index (χ0n) is 13.1. The van der Waals surface area contributed by atoms with Crippen LogP contribution in [-0.4, -0.2) is 18.3 Å². The first-order valence-corrected chi connectivity index (χ1v) is 8.55. The molecule has 0 aliphatic heterocycles. The SMILES string of the molecule is CCc1cccc(OC(C)C(=O)Nc2ccc(SC)cc2)c1. The minimum absolute atomic E-state index is 0.154. The molecule has 2 rings (SSSR count). The number of ether oxygens (including phenoxy) is 1. The first-order chi connectivity index (χ1) is 10.6. The largest absolute Gasteiger partial charge is 0.481 e. The Morgan fingerprint density at radius 2 is 1.95 bits per heavy atom. The van der Waals surface area contributed by atoms with Crippen LogP contribution in [0.3, 0.4) is 0 Å². The Kier molecular flexibility index (Phi) is 5.90. The lowest BCUT2D eigenvalue weighted by atomic mass is 10.2. The van der Waals surface area contributed by atoms with Crippen LogP contribution in [0.15, 0.2) is 53.4 Å². The Morgan fingerprint density at radius 3 is 2.59 bits per heavy atom. The normalized spacial score (nSPS) is 11.8. The molecule has 2 aromatic carbocycles. The van der Waals surface area contributed by atoms with E-state index < -0.39 is 6.10 Å². The average molecular weight is 315 g/mol. The summed E-state index contributed by atoms with van der Waals surface area (Å²) in [6.45, 7) is 3.84. The predicted molar refractivity (Wildman–Crippen MR) is 92.8 cm³/mol. The van der Waals surface area contributed by atoms with E-state index in [1.807, 2.05) is 54.8 Å². The lowest BCUT2D eigenvalue weighted by molar-refractivity contribution is -0.122. The van der Waals surface area contributed by atoms with E-state index in [-0.39, 0.29) is 5.91 Å². The summed E-state index contributed by atoms with van der Waals surface area (Å²) < 4.78 is 5.72. The minimum Gasteiger partial charge on any atom is -0.481 e. The number of nitrogens with one attached hydrogen (secondary N) is 1. The molecule has 116 valence electrons. The van der Waals surface area contributed by atoms with Gasteiger partial charge in [-0.2, -0.15) is 0 Å². The number of benzene rings is 2. The summed E-state index contributed by atoms with van der Waals surface area (Å²) >= 11 is 1.67. The smallest absolute Gasteiger partial charge is 0.265 e. The van der Waals surface area contributed by atoms with Gasteiger partial charge in [-0.25, -0.2) is 0 Å². The predicted octanol–water partition coefficient (Wildman–Crippen LogP) is 4.38. The van der Waals surface area contributed by atoms with E-state index in [2.05, 4.69) is 12.2 Å². The Labute approximate surface area is 136 Å². The molecule has 0 aliphatic carbocycles. The molecule has 4 heteroatoms. The van der Waals surface area contributed by atoms with Gasteiger partial charge in [-0.3, -0.25) is 4.79 Å². The molecule has 0 radical (unpaired) electrons. The average Bonchev–Trinajstić information content (AvgIpc) is 2.55. The number of rotatable bonds is 6. The third kappa shape index (κ3) is 4.53. The van der Waals surface area contributed by atoms with Crippen molar-refractivity contribution in [1.29, 1.82) is 0 Å². The molecule has 3 nitrogen and oxygen atoms in total. The highest BCUT2D eigenvalue weighted by Gasteiger charge is 2.15. The quantitative estimate of drug-likeness (QED) is 0.804. The Hall–Kier alpha value is -1.94. The highest BCUT2D eigenvalue weighted by Crippen LogP contribution is 2.19. The van der Waals surface area contributed by atoms with E-state index in [0.717, 1.165) is 17.9 Å². The van der Waals surface area contributed by atoms with Gasteiger partial charge in [0.15, 0.2) is 6.10 Å². The summed E-state index contributed by atoms with van der Waals surface area (Å²) in [6.07, 6.45) is 2.42. The van der Waals surface area contributed by atoms with Crippen molar-refractivity contribution in [3.05, 3.63) is 54.1 Å². The Bertz CT molecular complexity index is 625. The number of carbonyl (C=O) groups is 1. The molecule has 0 aromatic heterocycles. The van der Waals surface area contributed by atoms with Crippen LogP contribution in [-0.2, 0) is 11.2 Å². The lowest BCUT2D eigenvalue weighted by Crippen LogP contribution is -2.30. The van der Waals surface area contributed by atoms with Gasteiger partial charge in [0, 0.05) is 10.6 Å². The number of anilines is 1. The zero-order chi connectivity index (χ0) is 15.9. The van der Waals surface area contributed by atoms with Crippen LogP contribution in [0, 0.1) is 0 Å². The highest BCUT2D eigenvalue weighted by atomic mass is 32.2. The van der Waals surface area contributed by atoms with Crippen LogP contribution in [0.2, 0.25) is 0 Å². The first kappa shape index (κ1) is 16.4. The molecule has 1 N–H and O–H groups in total. The number of aryl methyl sites for hydroxylation is 1. The lowest BCUT2D eigenvalue weighted by Gasteiger charge is -2.15. The molecule has 1 amide bonds. The number of hydrogen-bond donors (Lipinski definition) is 1. The first-order valence-electron chi connectivity index (χ1n) is 7.33. The molecule has 0 saturated carbocycles. The van der Waals surface area contributed by atoms with Crippen molar-refractivity contribution in [3.8, 4) is 5.75 Å². The molecule has 22 heavy (non-hydrogen) atoms. The Balaban J connectivity index is 1.96. The van der Waals surface area contributed by atoms with Gasteiger partial charge in [-0.05, 0) is 61.6 Å². The molecular formula is C18H21NO2S. The van der Waals surface area contributed by atoms with E-state index in [4.69, 9.17) is 4.74 Å². The number of amides is 1. The van der Waals surface area contributed by atoms with Crippen molar-refractivity contribution in [1.82, 2.24) is 0 Å². The molecule has 0 spiro atoms. The second kappa shape index (κ2) is 7.90. The summed E-state index contributed by atoms with van der Waals surface area (Å²) in [7, 11) is 0. The molecule has 0 fully saturated rings. The van der Waals surface area contributed by atoms with Crippen LogP contribution >= 0.6 is 11.8 Å². The minimum atomic E-state index is -0.549. The Morgan fingerprint density at radius 1 is 1.23 bits per heavy atom. The van der Waals surface area contributed by atoms with Crippen molar-refractivity contribution >= 4 is 23.4 Å². The second-order valence-corrected chi connectivity index (χ2v) is 5.86. The van der Waals surface area contributed by atoms with Crippen LogP contribution in [0.1, 0.15) is 19.4 Å². The van der Waals surface area contributed by atoms with Gasteiger partial charge in [-0.1, -0.05) is 19.1 Å². The summed E-state index contributed by atoms with van der Waals surface area (Å²) in [5, 5.41) is 2.87. The maximum atomic E-state index is 12.2. The van der Waals surface area contributed by atoms with E-state index in [0.29, 0.717) is 0 Å².